The van der Waals surface area contributed by atoms with Crippen LogP contribution in [-0.4, -0.2) is 33.4 Å². The predicted molar refractivity (Wildman–Crippen MR) is 139 cm³/mol. The Bertz CT molecular complexity index is 1340. The van der Waals surface area contributed by atoms with E-state index < -0.39 is 36.0 Å². The molecule has 36 heavy (non-hydrogen) atoms. The molecule has 3 atom stereocenters. The summed E-state index contributed by atoms with van der Waals surface area (Å²) in [5.41, 5.74) is -0.494. The highest BCUT2D eigenvalue weighted by Crippen LogP contribution is 2.54. The smallest absolute Gasteiger partial charge is 0.335 e. The van der Waals surface area contributed by atoms with Crippen molar-refractivity contribution >= 4 is 14.0 Å². The number of nitrogens with zero attached hydrogens (tertiary/aromatic N) is 1. The van der Waals surface area contributed by atoms with Gasteiger partial charge in [0.25, 0.3) is 0 Å². The van der Waals surface area contributed by atoms with E-state index in [0.29, 0.717) is 22.5 Å². The third-order valence-corrected chi connectivity index (χ3v) is 8.03. The van der Waals surface area contributed by atoms with Crippen molar-refractivity contribution in [3.8, 4) is 34.7 Å². The number of rotatable bonds is 7. The number of hydrogen-bond donors (Lipinski definition) is 2. The Kier molecular flexibility index (Phi) is 7.57. The Labute approximate surface area is 211 Å². The van der Waals surface area contributed by atoms with Gasteiger partial charge in [0.05, 0.1) is 11.4 Å². The Balaban J connectivity index is 2.56. The molecule has 1 aromatic heterocycles. The minimum absolute atomic E-state index is 0.0806. The van der Waals surface area contributed by atoms with Crippen LogP contribution in [0.5, 0.6) is 0 Å². The van der Waals surface area contributed by atoms with E-state index in [9.17, 15) is 24.0 Å². The molecule has 1 heterocycles. The van der Waals surface area contributed by atoms with Crippen LogP contribution in [-0.2, 0) is 24.9 Å². The first-order valence-electron chi connectivity index (χ1n) is 11.2. The van der Waals surface area contributed by atoms with Crippen LogP contribution in [0.4, 0.5) is 4.39 Å². The fourth-order valence-electron chi connectivity index (χ4n) is 4.29. The molecule has 0 amide bonds. The van der Waals surface area contributed by atoms with Crippen molar-refractivity contribution in [1.29, 1.82) is 0 Å². The average molecular weight is 510 g/mol. The standard InChI is InChI=1S/C28H29FNO5P/c1-7-28(25(31)32,36(34)35-6)27(5,33)23-21(18-13-15-20(29)16-14-18)17-22(19-11-9-8-10-12-19)30-24(23)26(2,3)4/h1,8-17,33,36H,2-6H3,(H,31,32). The molecule has 0 aliphatic heterocycles. The zero-order valence-electron chi connectivity index (χ0n) is 20.8. The fourth-order valence-corrected chi connectivity index (χ4v) is 5.41. The van der Waals surface area contributed by atoms with Crippen LogP contribution in [0, 0.1) is 18.2 Å². The number of carboxylic acids is 1. The molecule has 0 aliphatic rings. The number of aliphatic hydroxyl groups is 1. The van der Waals surface area contributed by atoms with E-state index in [4.69, 9.17) is 15.9 Å². The van der Waals surface area contributed by atoms with Crippen molar-refractivity contribution in [1.82, 2.24) is 4.98 Å². The monoisotopic (exact) mass is 509 g/mol. The second-order valence-electron chi connectivity index (χ2n) is 9.66. The normalized spacial score (nSPS) is 15.8. The van der Waals surface area contributed by atoms with Crippen LogP contribution in [0.1, 0.15) is 39.0 Å². The lowest BCUT2D eigenvalue weighted by molar-refractivity contribution is -0.145. The van der Waals surface area contributed by atoms with E-state index in [1.165, 1.54) is 31.2 Å². The van der Waals surface area contributed by atoms with E-state index in [1.54, 1.807) is 6.07 Å². The van der Waals surface area contributed by atoms with Crippen molar-refractivity contribution in [3.63, 3.8) is 0 Å². The summed E-state index contributed by atoms with van der Waals surface area (Å²) in [6.45, 7) is 6.78. The molecule has 3 unspecified atom stereocenters. The van der Waals surface area contributed by atoms with Gasteiger partial charge in [0, 0.05) is 23.7 Å². The van der Waals surface area contributed by atoms with Crippen molar-refractivity contribution in [2.24, 2.45) is 0 Å². The molecule has 0 bridgehead atoms. The van der Waals surface area contributed by atoms with Crippen LogP contribution in [0.25, 0.3) is 22.4 Å². The first kappa shape index (κ1) is 27.3. The van der Waals surface area contributed by atoms with E-state index in [1.807, 2.05) is 51.1 Å². The zero-order valence-corrected chi connectivity index (χ0v) is 21.8. The molecular formula is C28H29FNO5P. The highest BCUT2D eigenvalue weighted by atomic mass is 31.1. The minimum atomic E-state index is -3.53. The summed E-state index contributed by atoms with van der Waals surface area (Å²) in [5.74, 6) is -0.0455. The summed E-state index contributed by atoms with van der Waals surface area (Å²) >= 11 is 0. The van der Waals surface area contributed by atoms with Gasteiger partial charge in [-0.3, -0.25) is 9.55 Å². The molecular weight excluding hydrogens is 480 g/mol. The largest absolute Gasteiger partial charge is 0.480 e. The van der Waals surface area contributed by atoms with Crippen molar-refractivity contribution in [2.75, 3.05) is 7.11 Å². The number of halogens is 1. The number of benzene rings is 2. The summed E-state index contributed by atoms with van der Waals surface area (Å²) in [7, 11) is -2.45. The molecule has 0 radical (unpaired) electrons. The topological polar surface area (TPSA) is 96.7 Å². The summed E-state index contributed by atoms with van der Waals surface area (Å²) in [6.07, 6.45) is 5.68. The highest BCUT2D eigenvalue weighted by molar-refractivity contribution is 7.43. The maximum Gasteiger partial charge on any atom is 0.335 e. The molecule has 0 fully saturated rings. The van der Waals surface area contributed by atoms with Gasteiger partial charge in [-0.2, -0.15) is 0 Å². The molecule has 6 nitrogen and oxygen atoms in total. The van der Waals surface area contributed by atoms with Gasteiger partial charge in [0.15, 0.2) is 0 Å². The maximum atomic E-state index is 13.8. The first-order chi connectivity index (χ1) is 16.8. The van der Waals surface area contributed by atoms with E-state index in [2.05, 4.69) is 5.92 Å². The van der Waals surface area contributed by atoms with E-state index in [-0.39, 0.29) is 5.56 Å². The number of terminal acetylenes is 1. The van der Waals surface area contributed by atoms with Crippen molar-refractivity contribution in [2.45, 2.75) is 43.9 Å². The number of aromatic nitrogens is 1. The van der Waals surface area contributed by atoms with Crippen LogP contribution < -0.4 is 0 Å². The van der Waals surface area contributed by atoms with Gasteiger partial charge in [0.2, 0.25) is 13.2 Å². The summed E-state index contributed by atoms with van der Waals surface area (Å²) in [6, 6.07) is 16.6. The van der Waals surface area contributed by atoms with Gasteiger partial charge in [-0.25, -0.2) is 9.18 Å². The number of carboxylic acid groups (broad SMARTS) is 1. The number of carbonyl (C=O) groups is 1. The Morgan fingerprint density at radius 1 is 1.06 bits per heavy atom. The van der Waals surface area contributed by atoms with Crippen molar-refractivity contribution in [3.05, 3.63) is 77.7 Å². The maximum absolute atomic E-state index is 13.8. The highest BCUT2D eigenvalue weighted by Gasteiger charge is 2.60. The van der Waals surface area contributed by atoms with E-state index in [0.717, 1.165) is 12.7 Å². The number of pyridine rings is 1. The van der Waals surface area contributed by atoms with Gasteiger partial charge in [0.1, 0.15) is 11.4 Å². The molecule has 188 valence electrons. The molecule has 8 heteroatoms. The van der Waals surface area contributed by atoms with Gasteiger partial charge in [-0.05, 0) is 36.2 Å². The predicted octanol–water partition coefficient (Wildman–Crippen LogP) is 5.64. The first-order valence-corrected chi connectivity index (χ1v) is 12.5. The van der Waals surface area contributed by atoms with E-state index >= 15 is 0 Å². The lowest BCUT2D eigenvalue weighted by Crippen LogP contribution is -2.53. The average Bonchev–Trinajstić information content (AvgIpc) is 2.83. The zero-order chi connectivity index (χ0) is 26.9. The minimum Gasteiger partial charge on any atom is -0.480 e. The summed E-state index contributed by atoms with van der Waals surface area (Å²) < 4.78 is 31.9. The molecule has 0 saturated heterocycles. The quantitative estimate of drug-likeness (QED) is 0.316. The fraction of sp³-hybridized carbons (Fsp3) is 0.286. The third-order valence-electron chi connectivity index (χ3n) is 6.20. The van der Waals surface area contributed by atoms with Crippen LogP contribution in [0.3, 0.4) is 0 Å². The molecule has 3 aromatic rings. The second kappa shape index (κ2) is 9.99. The van der Waals surface area contributed by atoms with Crippen LogP contribution in [0.15, 0.2) is 60.7 Å². The Morgan fingerprint density at radius 3 is 2.11 bits per heavy atom. The molecule has 0 aliphatic carbocycles. The summed E-state index contributed by atoms with van der Waals surface area (Å²) in [4.78, 5) is 17.4. The molecule has 2 N–H and O–H groups in total. The SMILES string of the molecule is C#CC(C(=O)O)([PH](=O)OC)C(C)(O)c1c(-c2ccc(F)cc2)cc(-c2ccccc2)nc1C(C)(C)C. The summed E-state index contributed by atoms with van der Waals surface area (Å²) in [5, 5.41) is 19.7. The van der Waals surface area contributed by atoms with Gasteiger partial charge >= 0.3 is 5.97 Å². The van der Waals surface area contributed by atoms with Gasteiger partial charge in [-0.15, -0.1) is 6.42 Å². The lowest BCUT2D eigenvalue weighted by atomic mass is 9.73. The molecule has 3 rings (SSSR count). The number of aliphatic carboxylic acids is 1. The van der Waals surface area contributed by atoms with Gasteiger partial charge in [-0.1, -0.05) is 69.2 Å². The Morgan fingerprint density at radius 2 is 1.64 bits per heavy atom. The van der Waals surface area contributed by atoms with Crippen molar-refractivity contribution < 1.29 is 28.5 Å². The molecule has 0 saturated carbocycles. The molecule has 0 spiro atoms. The Hall–Kier alpha value is -3.30. The van der Waals surface area contributed by atoms with Crippen LogP contribution >= 0.6 is 8.03 Å². The number of hydrogen-bond acceptors (Lipinski definition) is 5. The molecule has 2 aromatic carbocycles. The van der Waals surface area contributed by atoms with Gasteiger partial charge < -0.3 is 14.7 Å². The second-order valence-corrected chi connectivity index (χ2v) is 11.4. The van der Waals surface area contributed by atoms with Crippen LogP contribution in [0.2, 0.25) is 0 Å². The lowest BCUT2D eigenvalue weighted by Gasteiger charge is -2.41. The third kappa shape index (κ3) is 4.60.